The van der Waals surface area contributed by atoms with Crippen molar-refractivity contribution in [3.63, 3.8) is 0 Å². The normalized spacial score (nSPS) is 23.7. The molecule has 0 radical (unpaired) electrons. The van der Waals surface area contributed by atoms with Gasteiger partial charge in [-0.05, 0) is 43.2 Å². The number of aromatic nitrogens is 2. The molecule has 2 N–H and O–H groups in total. The van der Waals surface area contributed by atoms with E-state index < -0.39 is 5.60 Å². The van der Waals surface area contributed by atoms with E-state index >= 15 is 0 Å². The van der Waals surface area contributed by atoms with E-state index in [1.807, 2.05) is 13.0 Å². The zero-order valence-electron chi connectivity index (χ0n) is 16.1. The lowest BCUT2D eigenvalue weighted by Gasteiger charge is -2.24. The Morgan fingerprint density at radius 1 is 1.31 bits per heavy atom. The summed E-state index contributed by atoms with van der Waals surface area (Å²) in [7, 11) is 0. The minimum atomic E-state index is -1.05. The van der Waals surface area contributed by atoms with E-state index in [0.29, 0.717) is 17.7 Å². The number of nitrogens with zero attached hydrogens (tertiary/aromatic N) is 2. The molecule has 146 valence electrons. The van der Waals surface area contributed by atoms with Crippen LogP contribution in [-0.4, -0.2) is 26.7 Å². The number of epoxide rings is 1. The Bertz CT molecular complexity index is 1330. The fourth-order valence-corrected chi connectivity index (χ4v) is 5.03. The molecule has 0 bridgehead atoms. The minimum Gasteiger partial charge on any atom is -0.508 e. The molecule has 3 aliphatic heterocycles. The largest absolute Gasteiger partial charge is 0.508 e. The third-order valence-electron chi connectivity index (χ3n) is 6.54. The molecule has 0 saturated carbocycles. The lowest BCUT2D eigenvalue weighted by molar-refractivity contribution is -0.127. The Morgan fingerprint density at radius 2 is 2.10 bits per heavy atom. The highest BCUT2D eigenvalue weighted by Gasteiger charge is 2.64. The van der Waals surface area contributed by atoms with Gasteiger partial charge in [-0.15, -0.1) is 0 Å². The van der Waals surface area contributed by atoms with Crippen LogP contribution in [0.25, 0.3) is 22.3 Å². The Labute approximate surface area is 166 Å². The lowest BCUT2D eigenvalue weighted by atomic mass is 9.87. The van der Waals surface area contributed by atoms with Crippen LogP contribution >= 0.6 is 0 Å². The first-order valence-electron chi connectivity index (χ1n) is 9.84. The molecule has 7 heteroatoms. The van der Waals surface area contributed by atoms with E-state index in [1.54, 1.807) is 22.8 Å². The van der Waals surface area contributed by atoms with Crippen LogP contribution in [0.15, 0.2) is 29.1 Å². The summed E-state index contributed by atoms with van der Waals surface area (Å²) in [6.07, 6.45) is 0.501. The predicted molar refractivity (Wildman–Crippen MR) is 106 cm³/mol. The molecular weight excluding hydrogens is 370 g/mol. The summed E-state index contributed by atoms with van der Waals surface area (Å²) in [6.45, 7) is 4.56. The van der Waals surface area contributed by atoms with Crippen LogP contribution in [0, 0.1) is 0 Å². The second-order valence-electron chi connectivity index (χ2n) is 7.96. The van der Waals surface area contributed by atoms with Crippen LogP contribution in [0.4, 0.5) is 0 Å². The van der Waals surface area contributed by atoms with Crippen molar-refractivity contribution in [3.8, 4) is 17.1 Å². The van der Waals surface area contributed by atoms with Crippen LogP contribution in [0.2, 0.25) is 0 Å². The number of phenols is 1. The molecule has 2 atom stereocenters. The molecule has 2 aromatic heterocycles. The van der Waals surface area contributed by atoms with Gasteiger partial charge in [-0.25, -0.2) is 4.98 Å². The fourth-order valence-electron chi connectivity index (χ4n) is 5.03. The van der Waals surface area contributed by atoms with Crippen molar-refractivity contribution in [1.29, 1.82) is 0 Å². The van der Waals surface area contributed by atoms with Crippen LogP contribution < -0.4 is 10.9 Å². The number of rotatable bonds is 1. The van der Waals surface area contributed by atoms with Gasteiger partial charge >= 0.3 is 0 Å². The summed E-state index contributed by atoms with van der Waals surface area (Å²) in [5, 5.41) is 13.7. The van der Waals surface area contributed by atoms with Gasteiger partial charge in [0, 0.05) is 28.6 Å². The SMILES string of the molecule is CCc1c2c(nc3ccc(O)cc13)-c1cc3c(c(=O)n1C2)CNC(=O)[C@@]31OC1C. The fraction of sp³-hybridized carbons (Fsp3) is 0.318. The molecule has 0 aliphatic carbocycles. The van der Waals surface area contributed by atoms with Crippen molar-refractivity contribution in [3.05, 3.63) is 56.9 Å². The Hall–Kier alpha value is -3.19. The van der Waals surface area contributed by atoms with Crippen molar-refractivity contribution in [2.24, 2.45) is 0 Å². The first kappa shape index (κ1) is 16.7. The third kappa shape index (κ3) is 1.93. The number of fused-ring (bicyclic) bond motifs is 6. The third-order valence-corrected chi connectivity index (χ3v) is 6.54. The molecule has 6 rings (SSSR count). The molecule has 7 nitrogen and oxygen atoms in total. The number of amides is 1. The molecule has 1 saturated heterocycles. The van der Waals surface area contributed by atoms with Gasteiger partial charge in [0.15, 0.2) is 5.60 Å². The number of ether oxygens (including phenoxy) is 1. The van der Waals surface area contributed by atoms with Gasteiger partial charge in [0.25, 0.3) is 11.5 Å². The zero-order chi connectivity index (χ0) is 20.1. The van der Waals surface area contributed by atoms with Gasteiger partial charge in [0.2, 0.25) is 0 Å². The van der Waals surface area contributed by atoms with E-state index in [0.717, 1.165) is 39.8 Å². The summed E-state index contributed by atoms with van der Waals surface area (Å²) in [5.74, 6) is 0.0137. The number of pyridine rings is 2. The number of aromatic hydroxyl groups is 1. The lowest BCUT2D eigenvalue weighted by Crippen LogP contribution is -2.45. The molecule has 1 spiro atoms. The molecule has 1 aromatic carbocycles. The van der Waals surface area contributed by atoms with Gasteiger partial charge < -0.3 is 19.7 Å². The summed E-state index contributed by atoms with van der Waals surface area (Å²) in [5.41, 5.74) is 4.47. The number of nitrogens with one attached hydrogen (secondary N) is 1. The highest BCUT2D eigenvalue weighted by molar-refractivity contribution is 5.93. The van der Waals surface area contributed by atoms with Crippen LogP contribution in [0.5, 0.6) is 5.75 Å². The second kappa shape index (κ2) is 5.24. The molecule has 3 aromatic rings. The maximum Gasteiger partial charge on any atom is 0.259 e. The van der Waals surface area contributed by atoms with Gasteiger partial charge in [0.1, 0.15) is 5.75 Å². The zero-order valence-corrected chi connectivity index (χ0v) is 16.1. The van der Waals surface area contributed by atoms with Gasteiger partial charge in [0.05, 0.1) is 29.6 Å². The van der Waals surface area contributed by atoms with Crippen LogP contribution in [0.3, 0.4) is 0 Å². The van der Waals surface area contributed by atoms with Crippen molar-refractivity contribution in [2.45, 2.75) is 45.1 Å². The molecule has 3 aliphatic rings. The first-order valence-corrected chi connectivity index (χ1v) is 9.84. The molecule has 29 heavy (non-hydrogen) atoms. The number of benzene rings is 1. The van der Waals surface area contributed by atoms with E-state index in [9.17, 15) is 14.7 Å². The topological polar surface area (TPSA) is 96.8 Å². The number of hydrogen-bond acceptors (Lipinski definition) is 5. The van der Waals surface area contributed by atoms with E-state index in [-0.39, 0.29) is 29.9 Å². The van der Waals surface area contributed by atoms with Crippen molar-refractivity contribution in [1.82, 2.24) is 14.9 Å². The molecule has 1 amide bonds. The Balaban J connectivity index is 1.66. The molecule has 1 fully saturated rings. The highest BCUT2D eigenvalue weighted by atomic mass is 16.6. The van der Waals surface area contributed by atoms with Crippen molar-refractivity contribution >= 4 is 16.8 Å². The van der Waals surface area contributed by atoms with Crippen molar-refractivity contribution in [2.75, 3.05) is 0 Å². The predicted octanol–water partition coefficient (Wildman–Crippen LogP) is 1.94. The number of phenolic OH excluding ortho intramolecular Hbond substituents is 1. The molecule has 1 unspecified atom stereocenters. The number of carbonyl (C=O) groups excluding carboxylic acids is 1. The van der Waals surface area contributed by atoms with E-state index in [1.165, 1.54) is 0 Å². The van der Waals surface area contributed by atoms with Gasteiger partial charge in [-0.3, -0.25) is 9.59 Å². The maximum atomic E-state index is 13.3. The average Bonchev–Trinajstić information content (AvgIpc) is 3.23. The average molecular weight is 389 g/mol. The van der Waals surface area contributed by atoms with Crippen LogP contribution in [-0.2, 0) is 34.6 Å². The monoisotopic (exact) mass is 389 g/mol. The van der Waals surface area contributed by atoms with E-state index in [2.05, 4.69) is 12.2 Å². The second-order valence-corrected chi connectivity index (χ2v) is 7.96. The quantitative estimate of drug-likeness (QED) is 0.485. The van der Waals surface area contributed by atoms with Crippen LogP contribution in [0.1, 0.15) is 36.1 Å². The van der Waals surface area contributed by atoms with E-state index in [4.69, 9.17) is 9.72 Å². The maximum absolute atomic E-state index is 13.3. The smallest absolute Gasteiger partial charge is 0.259 e. The first-order chi connectivity index (χ1) is 14.0. The molecule has 5 heterocycles. The number of hydrogen-bond donors (Lipinski definition) is 2. The Morgan fingerprint density at radius 3 is 2.83 bits per heavy atom. The molecular formula is C22H19N3O4. The number of aryl methyl sites for hydroxylation is 1. The summed E-state index contributed by atoms with van der Waals surface area (Å²) in [6, 6.07) is 7.07. The summed E-state index contributed by atoms with van der Waals surface area (Å²) >= 11 is 0. The van der Waals surface area contributed by atoms with Crippen molar-refractivity contribution < 1.29 is 14.6 Å². The summed E-state index contributed by atoms with van der Waals surface area (Å²) in [4.78, 5) is 30.7. The number of carbonyl (C=O) groups is 1. The minimum absolute atomic E-state index is 0.105. The Kier molecular flexibility index (Phi) is 3.02. The summed E-state index contributed by atoms with van der Waals surface area (Å²) < 4.78 is 7.45. The standard InChI is InChI=1S/C22H19N3O4/c1-3-12-13-6-11(26)4-5-17(13)24-19-15(12)9-25-18(19)7-16-14(20(25)27)8-23-21(28)22(16)10(2)29-22/h4-7,10,26H,3,8-9H2,1-2H3,(H,23,28)/t10?,22-/m0/s1. The highest BCUT2D eigenvalue weighted by Crippen LogP contribution is 2.50. The van der Waals surface area contributed by atoms with Gasteiger partial charge in [-0.2, -0.15) is 0 Å². The van der Waals surface area contributed by atoms with Gasteiger partial charge in [-0.1, -0.05) is 6.92 Å².